The normalized spacial score (nSPS) is 23.2. The van der Waals surface area contributed by atoms with Crippen LogP contribution in [0.1, 0.15) is 30.9 Å². The minimum absolute atomic E-state index is 0.0723. The summed E-state index contributed by atoms with van der Waals surface area (Å²) in [6.45, 7) is 6.76. The molecule has 6 nitrogen and oxygen atoms in total. The minimum Gasteiger partial charge on any atom is -0.340 e. The lowest BCUT2D eigenvalue weighted by atomic mass is 9.87. The maximum absolute atomic E-state index is 13.3. The summed E-state index contributed by atoms with van der Waals surface area (Å²) in [6.07, 6.45) is -4.46. The number of carbonyl (C=O) groups excluding carboxylic acids is 2. The monoisotopic (exact) mass is 426 g/mol. The fourth-order valence-electron chi connectivity index (χ4n) is 4.10. The fourth-order valence-corrected chi connectivity index (χ4v) is 4.10. The van der Waals surface area contributed by atoms with Crippen LogP contribution in [0.2, 0.25) is 0 Å². The second-order valence-corrected chi connectivity index (χ2v) is 8.47. The van der Waals surface area contributed by atoms with Crippen LogP contribution in [0.4, 0.5) is 18.0 Å². The van der Waals surface area contributed by atoms with Crippen molar-refractivity contribution in [2.75, 3.05) is 46.3 Å². The van der Waals surface area contributed by atoms with Gasteiger partial charge in [-0.25, -0.2) is 4.79 Å². The van der Waals surface area contributed by atoms with Crippen molar-refractivity contribution in [3.8, 4) is 0 Å². The third-order valence-electron chi connectivity index (χ3n) is 5.79. The van der Waals surface area contributed by atoms with Crippen molar-refractivity contribution < 1.29 is 22.8 Å². The Morgan fingerprint density at radius 1 is 1.07 bits per heavy atom. The maximum Gasteiger partial charge on any atom is 0.416 e. The van der Waals surface area contributed by atoms with Gasteiger partial charge in [-0.2, -0.15) is 13.2 Å². The van der Waals surface area contributed by atoms with E-state index < -0.39 is 23.6 Å². The molecule has 2 fully saturated rings. The molecule has 1 aromatic rings. The molecule has 2 heterocycles. The Hall–Kier alpha value is -2.29. The van der Waals surface area contributed by atoms with Gasteiger partial charge in [0.1, 0.15) is 0 Å². The number of likely N-dealkylation sites (tertiary alicyclic amines) is 1. The van der Waals surface area contributed by atoms with Crippen LogP contribution in [-0.2, 0) is 11.0 Å². The van der Waals surface area contributed by atoms with E-state index in [4.69, 9.17) is 0 Å². The van der Waals surface area contributed by atoms with Crippen molar-refractivity contribution in [3.05, 3.63) is 35.4 Å². The van der Waals surface area contributed by atoms with E-state index in [1.165, 1.54) is 6.07 Å². The first-order chi connectivity index (χ1) is 14.1. The second kappa shape index (κ2) is 8.83. The Bertz CT molecular complexity index is 776. The average molecular weight is 426 g/mol. The molecule has 2 atom stereocenters. The number of hydrogen-bond acceptors (Lipinski definition) is 3. The third-order valence-corrected chi connectivity index (χ3v) is 5.79. The van der Waals surface area contributed by atoms with E-state index in [0.717, 1.165) is 25.2 Å². The molecule has 1 N–H and O–H groups in total. The zero-order valence-corrected chi connectivity index (χ0v) is 17.6. The molecule has 1 aromatic carbocycles. The quantitative estimate of drug-likeness (QED) is 0.809. The summed E-state index contributed by atoms with van der Waals surface area (Å²) in [6, 6.07) is 4.76. The topological polar surface area (TPSA) is 55.9 Å². The number of piperazine rings is 1. The molecule has 0 spiro atoms. The summed E-state index contributed by atoms with van der Waals surface area (Å²) in [7, 11) is 1.99. The average Bonchev–Trinajstić information content (AvgIpc) is 3.12. The van der Waals surface area contributed by atoms with Gasteiger partial charge in [0, 0.05) is 51.2 Å². The Balaban J connectivity index is 1.87. The molecule has 2 saturated heterocycles. The van der Waals surface area contributed by atoms with Crippen molar-refractivity contribution in [2.45, 2.75) is 32.0 Å². The number of alkyl halides is 3. The maximum atomic E-state index is 13.3. The summed E-state index contributed by atoms with van der Waals surface area (Å²) in [4.78, 5) is 31.3. The van der Waals surface area contributed by atoms with Gasteiger partial charge < -0.3 is 20.0 Å². The largest absolute Gasteiger partial charge is 0.416 e. The fraction of sp³-hybridized carbons (Fsp3) is 0.619. The lowest BCUT2D eigenvalue weighted by Gasteiger charge is -2.35. The second-order valence-electron chi connectivity index (χ2n) is 8.47. The van der Waals surface area contributed by atoms with Gasteiger partial charge in [0.05, 0.1) is 11.5 Å². The molecule has 2 aliphatic heterocycles. The number of likely N-dealkylation sites (N-methyl/N-ethyl adjacent to an activating group) is 1. The van der Waals surface area contributed by atoms with Crippen LogP contribution in [0.3, 0.4) is 0 Å². The van der Waals surface area contributed by atoms with E-state index >= 15 is 0 Å². The molecule has 0 radical (unpaired) electrons. The molecule has 0 unspecified atom stereocenters. The molecular formula is C21H29F3N4O2. The predicted octanol–water partition coefficient (Wildman–Crippen LogP) is 2.61. The number of hydrogen-bond donors (Lipinski definition) is 1. The van der Waals surface area contributed by atoms with Crippen LogP contribution in [0.5, 0.6) is 0 Å². The van der Waals surface area contributed by atoms with Crippen LogP contribution in [-0.4, -0.2) is 79.0 Å². The molecule has 0 aliphatic carbocycles. The molecule has 9 heteroatoms. The van der Waals surface area contributed by atoms with Crippen molar-refractivity contribution in [1.82, 2.24) is 20.0 Å². The van der Waals surface area contributed by atoms with Crippen LogP contribution in [0.15, 0.2) is 24.3 Å². The Morgan fingerprint density at radius 2 is 1.73 bits per heavy atom. The predicted molar refractivity (Wildman–Crippen MR) is 107 cm³/mol. The van der Waals surface area contributed by atoms with Crippen LogP contribution in [0, 0.1) is 5.92 Å². The minimum atomic E-state index is -4.46. The third kappa shape index (κ3) is 5.06. The van der Waals surface area contributed by atoms with Crippen LogP contribution in [0.25, 0.3) is 0 Å². The molecular weight excluding hydrogens is 397 g/mol. The van der Waals surface area contributed by atoms with Gasteiger partial charge in [-0.15, -0.1) is 0 Å². The molecule has 166 valence electrons. The summed E-state index contributed by atoms with van der Waals surface area (Å²) < 4.78 is 39.7. The Kier molecular flexibility index (Phi) is 6.59. The Morgan fingerprint density at radius 3 is 2.33 bits per heavy atom. The highest BCUT2D eigenvalue weighted by atomic mass is 19.4. The van der Waals surface area contributed by atoms with Gasteiger partial charge in [-0.1, -0.05) is 18.2 Å². The first-order valence-corrected chi connectivity index (χ1v) is 10.3. The molecule has 0 saturated carbocycles. The highest BCUT2D eigenvalue weighted by Gasteiger charge is 2.43. The number of nitrogens with zero attached hydrogens (tertiary/aromatic N) is 3. The number of halogens is 3. The molecule has 3 rings (SSSR count). The van der Waals surface area contributed by atoms with Gasteiger partial charge in [0.15, 0.2) is 0 Å². The lowest BCUT2D eigenvalue weighted by Crippen LogP contribution is -2.50. The van der Waals surface area contributed by atoms with Gasteiger partial charge in [0.2, 0.25) is 5.91 Å². The highest BCUT2D eigenvalue weighted by molar-refractivity contribution is 5.83. The number of carbonyl (C=O) groups is 2. The van der Waals surface area contributed by atoms with Crippen LogP contribution < -0.4 is 5.32 Å². The standard InChI is InChI=1S/C21H29F3N4O2/c1-14(2)25-20(30)28-12-17(15-5-4-6-16(11-15)21(22,23)24)18(13-28)19(29)27-9-7-26(3)8-10-27/h4-6,11,14,17-18H,7-10,12-13H2,1-3H3,(H,25,30)/t17-,18+/m0/s1. The van der Waals surface area contributed by atoms with Crippen molar-refractivity contribution in [2.24, 2.45) is 5.92 Å². The van der Waals surface area contributed by atoms with E-state index in [1.54, 1.807) is 15.9 Å². The van der Waals surface area contributed by atoms with E-state index in [0.29, 0.717) is 18.7 Å². The smallest absolute Gasteiger partial charge is 0.340 e. The summed E-state index contributed by atoms with van der Waals surface area (Å²) >= 11 is 0. The van der Waals surface area contributed by atoms with Crippen LogP contribution >= 0.6 is 0 Å². The van der Waals surface area contributed by atoms with E-state index in [2.05, 4.69) is 10.2 Å². The molecule has 2 aliphatic rings. The number of rotatable bonds is 3. The van der Waals surface area contributed by atoms with E-state index in [-0.39, 0.29) is 31.1 Å². The highest BCUT2D eigenvalue weighted by Crippen LogP contribution is 2.37. The summed E-state index contributed by atoms with van der Waals surface area (Å²) in [5.41, 5.74) is -0.298. The van der Waals surface area contributed by atoms with Crippen molar-refractivity contribution >= 4 is 11.9 Å². The van der Waals surface area contributed by atoms with Gasteiger partial charge in [-0.05, 0) is 32.5 Å². The number of urea groups is 1. The van der Waals surface area contributed by atoms with Gasteiger partial charge in [-0.3, -0.25) is 4.79 Å². The first kappa shape index (κ1) is 22.4. The first-order valence-electron chi connectivity index (χ1n) is 10.3. The van der Waals surface area contributed by atoms with E-state index in [1.807, 2.05) is 20.9 Å². The van der Waals surface area contributed by atoms with E-state index in [9.17, 15) is 22.8 Å². The Labute approximate surface area is 175 Å². The summed E-state index contributed by atoms with van der Waals surface area (Å²) in [5, 5.41) is 2.81. The number of nitrogens with one attached hydrogen (secondary N) is 1. The summed E-state index contributed by atoms with van der Waals surface area (Å²) in [5.74, 6) is -1.13. The SMILES string of the molecule is CC(C)NC(=O)N1C[C@@H](C(=O)N2CCN(C)CC2)[C@H](c2cccc(C(F)(F)F)c2)C1. The van der Waals surface area contributed by atoms with Gasteiger partial charge >= 0.3 is 12.2 Å². The molecule has 0 aromatic heterocycles. The number of benzene rings is 1. The molecule has 0 bridgehead atoms. The zero-order chi connectivity index (χ0) is 22.1. The van der Waals surface area contributed by atoms with Crippen molar-refractivity contribution in [3.63, 3.8) is 0 Å². The number of amides is 3. The molecule has 3 amide bonds. The molecule has 30 heavy (non-hydrogen) atoms. The van der Waals surface area contributed by atoms with Gasteiger partial charge in [0.25, 0.3) is 0 Å². The zero-order valence-electron chi connectivity index (χ0n) is 17.6. The lowest BCUT2D eigenvalue weighted by molar-refractivity contribution is -0.137. The van der Waals surface area contributed by atoms with Crippen molar-refractivity contribution in [1.29, 1.82) is 0 Å².